The number of carbonyl (C=O) groups is 3. The Balaban J connectivity index is 1.31. The van der Waals surface area contributed by atoms with Gasteiger partial charge in [0.15, 0.2) is 17.8 Å². The summed E-state index contributed by atoms with van der Waals surface area (Å²) in [6.07, 6.45) is -0.585. The number of esters is 1. The zero-order valence-electron chi connectivity index (χ0n) is 31.9. The number of nitriles is 1. The number of hydrogen-bond acceptors (Lipinski definition) is 12. The van der Waals surface area contributed by atoms with Crippen molar-refractivity contribution in [1.82, 2.24) is 24.4 Å². The Morgan fingerprint density at radius 3 is 2.03 bits per heavy atom. The first kappa shape index (κ1) is 40.1. The molecule has 0 bridgehead atoms. The van der Waals surface area contributed by atoms with Crippen molar-refractivity contribution >= 4 is 35.0 Å². The molecule has 6 aromatic rings. The van der Waals surface area contributed by atoms with E-state index in [-0.39, 0.29) is 75.2 Å². The maximum absolute atomic E-state index is 13.1. The monoisotopic (exact) mass is 795 g/mol. The number of nitrogens with zero attached hydrogens (tertiary/aromatic N) is 6. The summed E-state index contributed by atoms with van der Waals surface area (Å²) in [7, 11) is 0. The summed E-state index contributed by atoms with van der Waals surface area (Å²) in [4.78, 5) is 53.1. The van der Waals surface area contributed by atoms with E-state index >= 15 is 0 Å². The number of carboxylic acid groups (broad SMARTS) is 1. The first-order chi connectivity index (χ1) is 28.8. The van der Waals surface area contributed by atoms with Gasteiger partial charge in [0.2, 0.25) is 11.8 Å². The summed E-state index contributed by atoms with van der Waals surface area (Å²) < 4.78 is 25.6. The minimum Gasteiger partial charge on any atom is -0.484 e. The Morgan fingerprint density at radius 2 is 1.44 bits per heavy atom. The fourth-order valence-electron chi connectivity index (χ4n) is 7.17. The summed E-state index contributed by atoms with van der Waals surface area (Å²) >= 11 is 0. The molecule has 0 saturated carbocycles. The molecule has 300 valence electrons. The van der Waals surface area contributed by atoms with E-state index < -0.39 is 35.7 Å². The highest BCUT2D eigenvalue weighted by atomic mass is 16.6. The van der Waals surface area contributed by atoms with Crippen molar-refractivity contribution in [2.45, 2.75) is 37.1 Å². The lowest BCUT2D eigenvalue weighted by atomic mass is 9.75. The number of aromatic nitrogens is 4. The fourth-order valence-corrected chi connectivity index (χ4v) is 7.17. The maximum Gasteiger partial charge on any atom is 0.306 e. The van der Waals surface area contributed by atoms with Gasteiger partial charge in [-0.05, 0) is 28.8 Å². The zero-order chi connectivity index (χ0) is 41.0. The predicted octanol–water partition coefficient (Wildman–Crippen LogP) is 5.74. The van der Waals surface area contributed by atoms with E-state index in [2.05, 4.69) is 56.6 Å². The molecule has 2 atom stereocenters. The number of aliphatic carboxylic acids is 1. The van der Waals surface area contributed by atoms with Crippen molar-refractivity contribution in [3.63, 3.8) is 0 Å². The van der Waals surface area contributed by atoms with Crippen molar-refractivity contribution < 1.29 is 38.4 Å². The molecule has 15 nitrogen and oxygen atoms in total. The van der Waals surface area contributed by atoms with Crippen molar-refractivity contribution in [3.8, 4) is 17.7 Å². The molecule has 0 unspecified atom stereocenters. The van der Waals surface area contributed by atoms with Crippen LogP contribution < -0.4 is 14.8 Å². The Kier molecular flexibility index (Phi) is 12.8. The molecule has 1 aliphatic heterocycles. The SMILES string of the molecule is N#CCCOc1nc(NC(=O)COc2ccccc2)nc2c1ncn2[C@H]1CN(C(c2ccccc2)(c2ccccc2)c2ccccc2)C[C@@H](COC(=O)CCC(=O)O)O1. The lowest BCUT2D eigenvalue weighted by Gasteiger charge is -2.50. The summed E-state index contributed by atoms with van der Waals surface area (Å²) in [6.45, 7) is 0.0655. The van der Waals surface area contributed by atoms with Crippen LogP contribution in [0.3, 0.4) is 0 Å². The second-order valence-electron chi connectivity index (χ2n) is 13.6. The van der Waals surface area contributed by atoms with E-state index in [1.807, 2.05) is 66.7 Å². The van der Waals surface area contributed by atoms with Crippen LogP contribution in [0.4, 0.5) is 5.95 Å². The van der Waals surface area contributed by atoms with Crippen LogP contribution in [0.15, 0.2) is 128 Å². The van der Waals surface area contributed by atoms with Gasteiger partial charge in [0.05, 0.1) is 37.2 Å². The first-order valence-corrected chi connectivity index (χ1v) is 19.0. The molecular formula is C44H41N7O8. The Morgan fingerprint density at radius 1 is 0.831 bits per heavy atom. The average molecular weight is 796 g/mol. The number of para-hydroxylation sites is 1. The highest BCUT2D eigenvalue weighted by Crippen LogP contribution is 2.45. The number of nitrogens with one attached hydrogen (secondary N) is 1. The highest BCUT2D eigenvalue weighted by Gasteiger charge is 2.47. The number of hydrogen-bond donors (Lipinski definition) is 2. The molecule has 0 radical (unpaired) electrons. The van der Waals surface area contributed by atoms with Crippen LogP contribution in [-0.4, -0.2) is 86.4 Å². The summed E-state index contributed by atoms with van der Waals surface area (Å²) in [5.74, 6) is -1.82. The number of anilines is 1. The molecule has 0 spiro atoms. The smallest absolute Gasteiger partial charge is 0.306 e. The number of carboxylic acids is 1. The van der Waals surface area contributed by atoms with E-state index in [0.29, 0.717) is 5.75 Å². The van der Waals surface area contributed by atoms with Gasteiger partial charge in [-0.2, -0.15) is 15.2 Å². The second kappa shape index (κ2) is 18.9. The van der Waals surface area contributed by atoms with Crippen molar-refractivity contribution in [3.05, 3.63) is 144 Å². The lowest BCUT2D eigenvalue weighted by Crippen LogP contribution is -2.57. The largest absolute Gasteiger partial charge is 0.484 e. The van der Waals surface area contributed by atoms with Crippen molar-refractivity contribution in [2.24, 2.45) is 0 Å². The van der Waals surface area contributed by atoms with Gasteiger partial charge in [-0.15, -0.1) is 0 Å². The number of amides is 1. The lowest BCUT2D eigenvalue weighted by molar-refractivity contribution is -0.169. The zero-order valence-corrected chi connectivity index (χ0v) is 31.9. The van der Waals surface area contributed by atoms with E-state index in [1.165, 1.54) is 0 Å². The number of benzene rings is 4. The number of morpholine rings is 1. The molecule has 1 aliphatic rings. The van der Waals surface area contributed by atoms with Crippen molar-refractivity contribution in [1.29, 1.82) is 5.26 Å². The van der Waals surface area contributed by atoms with E-state index in [1.54, 1.807) is 35.2 Å². The van der Waals surface area contributed by atoms with Crippen LogP contribution >= 0.6 is 0 Å². The Bertz CT molecular complexity index is 2300. The molecular weight excluding hydrogens is 755 g/mol. The van der Waals surface area contributed by atoms with E-state index in [9.17, 15) is 19.6 Å². The van der Waals surface area contributed by atoms with E-state index in [0.717, 1.165) is 16.7 Å². The molecule has 2 aromatic heterocycles. The number of fused-ring (bicyclic) bond motifs is 1. The third-order valence-electron chi connectivity index (χ3n) is 9.69. The van der Waals surface area contributed by atoms with Gasteiger partial charge in [0.25, 0.3) is 5.91 Å². The Labute approximate surface area is 339 Å². The standard InChI is InChI=1S/C44H41N7O8/c45-24-13-25-56-42-40-41(48-43(49-42)47-36(52)29-57-34-20-11-4-12-21-34)51(30-46-40)37-27-50(26-35(59-37)28-58-39(55)23-22-38(53)54)44(31-14-5-1-6-15-31,32-16-7-2-8-17-32)33-18-9-3-10-19-33/h1-12,14-21,30,35,37H,13,22-23,25-29H2,(H,53,54)(H,47,48,49,52)/t35-,37+/m0/s1. The third-order valence-corrected chi connectivity index (χ3v) is 9.69. The van der Waals surface area contributed by atoms with Gasteiger partial charge in [-0.25, -0.2) is 4.98 Å². The molecule has 1 saturated heterocycles. The second-order valence-corrected chi connectivity index (χ2v) is 13.6. The minimum absolute atomic E-state index is 0.0107. The molecule has 4 aromatic carbocycles. The summed E-state index contributed by atoms with van der Waals surface area (Å²) in [6, 6.07) is 41.2. The number of imidazole rings is 1. The van der Waals surface area contributed by atoms with Crippen LogP contribution in [0.25, 0.3) is 11.2 Å². The molecule has 15 heteroatoms. The highest BCUT2D eigenvalue weighted by molar-refractivity contribution is 5.91. The fraction of sp³-hybridized carbons (Fsp3) is 0.250. The quantitative estimate of drug-likeness (QED) is 0.0647. The summed E-state index contributed by atoms with van der Waals surface area (Å²) in [5, 5.41) is 21.1. The van der Waals surface area contributed by atoms with Gasteiger partial charge < -0.3 is 24.1 Å². The topological polar surface area (TPSA) is 191 Å². The maximum atomic E-state index is 13.1. The molecule has 2 N–H and O–H groups in total. The van der Waals surface area contributed by atoms with Gasteiger partial charge in [0, 0.05) is 13.1 Å². The minimum atomic E-state index is -1.11. The van der Waals surface area contributed by atoms with Crippen LogP contribution in [0.2, 0.25) is 0 Å². The van der Waals surface area contributed by atoms with Gasteiger partial charge in [0.1, 0.15) is 31.3 Å². The average Bonchev–Trinajstić information content (AvgIpc) is 3.70. The van der Waals surface area contributed by atoms with E-state index in [4.69, 9.17) is 29.0 Å². The molecule has 59 heavy (non-hydrogen) atoms. The molecule has 3 heterocycles. The number of ether oxygens (including phenoxy) is 4. The van der Waals surface area contributed by atoms with Gasteiger partial charge >= 0.3 is 11.9 Å². The molecule has 1 amide bonds. The summed E-state index contributed by atoms with van der Waals surface area (Å²) in [5.41, 5.74) is 2.56. The van der Waals surface area contributed by atoms with Crippen molar-refractivity contribution in [2.75, 3.05) is 38.2 Å². The van der Waals surface area contributed by atoms with Crippen LogP contribution in [-0.2, 0) is 29.4 Å². The first-order valence-electron chi connectivity index (χ1n) is 19.0. The molecule has 7 rings (SSSR count). The van der Waals surface area contributed by atoms with Gasteiger partial charge in [-0.1, -0.05) is 109 Å². The predicted molar refractivity (Wildman–Crippen MR) is 214 cm³/mol. The van der Waals surface area contributed by atoms with Crippen LogP contribution in [0.5, 0.6) is 11.6 Å². The molecule has 0 aliphatic carbocycles. The number of carbonyl (C=O) groups excluding carboxylic acids is 2. The normalized spacial score (nSPS) is 15.5. The Hall–Kier alpha value is -7.15. The van der Waals surface area contributed by atoms with Crippen LogP contribution in [0, 0.1) is 11.3 Å². The molecule has 1 fully saturated rings. The third kappa shape index (κ3) is 9.36. The van der Waals surface area contributed by atoms with Crippen LogP contribution in [0.1, 0.15) is 42.2 Å². The van der Waals surface area contributed by atoms with Gasteiger partial charge in [-0.3, -0.25) is 29.2 Å². The number of rotatable bonds is 17.